The minimum atomic E-state index is -3.76. The molecule has 0 aliphatic rings. The number of benzene rings is 2. The van der Waals surface area contributed by atoms with Gasteiger partial charge in [0.2, 0.25) is 0 Å². The van der Waals surface area contributed by atoms with Crippen LogP contribution in [0, 0.1) is 15.9 Å². The molecule has 0 aromatic heterocycles. The maximum atomic E-state index is 12.9. The molecule has 2 aromatic carbocycles. The number of hydrogen-bond acceptors (Lipinski definition) is 5. The van der Waals surface area contributed by atoms with Crippen LogP contribution in [-0.4, -0.2) is 13.3 Å². The van der Waals surface area contributed by atoms with E-state index in [0.29, 0.717) is 5.56 Å². The number of non-ortho nitro benzene ring substituents is 1. The monoisotopic (exact) mass is 310 g/mol. The summed E-state index contributed by atoms with van der Waals surface area (Å²) in [4.78, 5) is 9.79. The van der Waals surface area contributed by atoms with Crippen LogP contribution < -0.4 is 5.73 Å². The molecule has 0 radical (unpaired) electrons. The number of halogens is 1. The van der Waals surface area contributed by atoms with Crippen LogP contribution in [0.4, 0.5) is 15.8 Å². The average molecular weight is 310 g/mol. The smallest absolute Gasteiger partial charge is 0.269 e. The summed E-state index contributed by atoms with van der Waals surface area (Å²) in [5.74, 6) is -0.998. The van der Waals surface area contributed by atoms with Crippen molar-refractivity contribution < 1.29 is 17.7 Å². The Hall–Kier alpha value is -2.48. The van der Waals surface area contributed by atoms with Crippen LogP contribution in [0.15, 0.2) is 47.4 Å². The number of nitrogens with two attached hydrogens (primary N) is 1. The van der Waals surface area contributed by atoms with Gasteiger partial charge >= 0.3 is 0 Å². The summed E-state index contributed by atoms with van der Waals surface area (Å²) in [6, 6.07) is 8.20. The Balaban J connectivity index is 2.30. The molecule has 0 saturated carbocycles. The second-order valence-corrected chi connectivity index (χ2v) is 6.32. The first-order chi connectivity index (χ1) is 9.79. The molecule has 110 valence electrons. The number of hydrogen-bond donors (Lipinski definition) is 1. The minimum absolute atomic E-state index is 0.127. The maximum Gasteiger partial charge on any atom is 0.269 e. The quantitative estimate of drug-likeness (QED) is 0.404. The summed E-state index contributed by atoms with van der Waals surface area (Å²) in [6.45, 7) is 0. The minimum Gasteiger partial charge on any atom is -0.398 e. The van der Waals surface area contributed by atoms with Crippen molar-refractivity contribution in [2.75, 3.05) is 5.73 Å². The molecule has 0 fully saturated rings. The highest BCUT2D eigenvalue weighted by atomic mass is 32.2. The largest absolute Gasteiger partial charge is 0.398 e. The van der Waals surface area contributed by atoms with Crippen LogP contribution in [-0.2, 0) is 15.6 Å². The third-order valence-electron chi connectivity index (χ3n) is 2.81. The summed E-state index contributed by atoms with van der Waals surface area (Å²) < 4.78 is 37.4. The molecule has 2 rings (SSSR count). The number of rotatable bonds is 4. The zero-order chi connectivity index (χ0) is 15.6. The normalized spacial score (nSPS) is 11.3. The lowest BCUT2D eigenvalue weighted by Crippen LogP contribution is -2.08. The van der Waals surface area contributed by atoms with E-state index in [2.05, 4.69) is 0 Å². The summed E-state index contributed by atoms with van der Waals surface area (Å²) in [6.07, 6.45) is 0. The summed E-state index contributed by atoms with van der Waals surface area (Å²) in [7, 11) is -3.76. The van der Waals surface area contributed by atoms with Gasteiger partial charge in [-0.2, -0.15) is 0 Å². The number of nitro benzene ring substituents is 1. The first-order valence-corrected chi connectivity index (χ1v) is 7.46. The molecule has 0 bridgehead atoms. The summed E-state index contributed by atoms with van der Waals surface area (Å²) in [5, 5.41) is 10.5. The van der Waals surface area contributed by atoms with Crippen molar-refractivity contribution in [3.05, 3.63) is 64.0 Å². The Kier molecular flexibility index (Phi) is 3.90. The fourth-order valence-electron chi connectivity index (χ4n) is 1.81. The van der Waals surface area contributed by atoms with Crippen molar-refractivity contribution >= 4 is 21.2 Å². The Morgan fingerprint density at radius 2 is 1.76 bits per heavy atom. The molecule has 0 unspecified atom stereocenters. The van der Waals surface area contributed by atoms with Gasteiger partial charge in [-0.1, -0.05) is 12.1 Å². The fraction of sp³-hybridized carbons (Fsp3) is 0.0769. The third kappa shape index (κ3) is 3.34. The van der Waals surface area contributed by atoms with Crippen molar-refractivity contribution in [1.82, 2.24) is 0 Å². The molecule has 21 heavy (non-hydrogen) atoms. The van der Waals surface area contributed by atoms with Gasteiger partial charge in [-0.3, -0.25) is 10.1 Å². The summed E-state index contributed by atoms with van der Waals surface area (Å²) in [5.41, 5.74) is 5.60. The number of sulfone groups is 1. The molecule has 0 spiro atoms. The van der Waals surface area contributed by atoms with E-state index in [0.717, 1.165) is 18.2 Å². The van der Waals surface area contributed by atoms with Crippen LogP contribution in [0.1, 0.15) is 5.56 Å². The second-order valence-electron chi connectivity index (χ2n) is 4.36. The van der Waals surface area contributed by atoms with E-state index in [1.807, 2.05) is 0 Å². The van der Waals surface area contributed by atoms with E-state index < -0.39 is 20.6 Å². The van der Waals surface area contributed by atoms with Crippen LogP contribution in [0.2, 0.25) is 0 Å². The predicted molar refractivity (Wildman–Crippen MR) is 74.8 cm³/mol. The molecule has 0 atom stereocenters. The number of nitro groups is 1. The van der Waals surface area contributed by atoms with Crippen molar-refractivity contribution in [2.24, 2.45) is 0 Å². The predicted octanol–water partition coefficient (Wildman–Crippen LogP) is 2.29. The number of nitrogen functional groups attached to an aromatic ring is 1. The second kappa shape index (κ2) is 5.49. The van der Waals surface area contributed by atoms with Gasteiger partial charge in [0.05, 0.1) is 21.3 Å². The lowest BCUT2D eigenvalue weighted by atomic mass is 10.2. The highest BCUT2D eigenvalue weighted by molar-refractivity contribution is 7.90. The highest BCUT2D eigenvalue weighted by Gasteiger charge is 2.19. The molecule has 2 N–H and O–H groups in total. The molecule has 2 aromatic rings. The molecule has 0 aliphatic heterocycles. The van der Waals surface area contributed by atoms with E-state index in [9.17, 15) is 22.9 Å². The first kappa shape index (κ1) is 14.9. The molecule has 0 amide bonds. The molecule has 8 heteroatoms. The fourth-order valence-corrected chi connectivity index (χ4v) is 3.29. The van der Waals surface area contributed by atoms with Gasteiger partial charge in [0.25, 0.3) is 5.69 Å². The van der Waals surface area contributed by atoms with E-state index in [4.69, 9.17) is 5.73 Å². The van der Waals surface area contributed by atoms with E-state index in [-0.39, 0.29) is 22.0 Å². The van der Waals surface area contributed by atoms with E-state index >= 15 is 0 Å². The Labute approximate surface area is 120 Å². The Morgan fingerprint density at radius 3 is 2.29 bits per heavy atom. The zero-order valence-corrected chi connectivity index (χ0v) is 11.5. The third-order valence-corrected chi connectivity index (χ3v) is 4.57. The molecule has 0 heterocycles. The van der Waals surface area contributed by atoms with Crippen molar-refractivity contribution in [3.63, 3.8) is 0 Å². The van der Waals surface area contributed by atoms with Gasteiger partial charge < -0.3 is 5.73 Å². The summed E-state index contributed by atoms with van der Waals surface area (Å²) >= 11 is 0. The van der Waals surface area contributed by atoms with Gasteiger partial charge in [0, 0.05) is 12.1 Å². The van der Waals surface area contributed by atoms with Gasteiger partial charge in [-0.15, -0.1) is 0 Å². The highest BCUT2D eigenvalue weighted by Crippen LogP contribution is 2.24. The molecule has 0 saturated heterocycles. The van der Waals surface area contributed by atoms with Gasteiger partial charge in [-0.05, 0) is 23.8 Å². The molecule has 6 nitrogen and oxygen atoms in total. The van der Waals surface area contributed by atoms with Crippen molar-refractivity contribution in [3.8, 4) is 0 Å². The van der Waals surface area contributed by atoms with E-state index in [1.165, 1.54) is 24.3 Å². The average Bonchev–Trinajstić information content (AvgIpc) is 2.38. The van der Waals surface area contributed by atoms with E-state index in [1.54, 1.807) is 0 Å². The standard InChI is InChI=1S/C13H11FN2O4S/c14-10-3-6-13(12(15)7-10)21(19,20)8-9-1-4-11(5-2-9)16(17)18/h1-7H,8,15H2. The van der Waals surface area contributed by atoms with Gasteiger partial charge in [-0.25, -0.2) is 12.8 Å². The topological polar surface area (TPSA) is 103 Å². The molecule has 0 aliphatic carbocycles. The van der Waals surface area contributed by atoms with Crippen molar-refractivity contribution in [2.45, 2.75) is 10.6 Å². The molecular weight excluding hydrogens is 299 g/mol. The van der Waals surface area contributed by atoms with Crippen LogP contribution in [0.5, 0.6) is 0 Å². The van der Waals surface area contributed by atoms with Gasteiger partial charge in [0.1, 0.15) is 5.82 Å². The number of anilines is 1. The van der Waals surface area contributed by atoms with Gasteiger partial charge in [0.15, 0.2) is 9.84 Å². The number of nitrogens with zero attached hydrogens (tertiary/aromatic N) is 1. The Bertz CT molecular complexity index is 788. The van der Waals surface area contributed by atoms with Crippen molar-refractivity contribution in [1.29, 1.82) is 0 Å². The Morgan fingerprint density at radius 1 is 1.14 bits per heavy atom. The maximum absolute atomic E-state index is 12.9. The van der Waals surface area contributed by atoms with Crippen LogP contribution in [0.3, 0.4) is 0 Å². The lowest BCUT2D eigenvalue weighted by molar-refractivity contribution is -0.384. The molecular formula is C13H11FN2O4S. The van der Waals surface area contributed by atoms with Crippen LogP contribution >= 0.6 is 0 Å². The SMILES string of the molecule is Nc1cc(F)ccc1S(=O)(=O)Cc1ccc([N+](=O)[O-])cc1. The lowest BCUT2D eigenvalue weighted by Gasteiger charge is -2.07. The zero-order valence-electron chi connectivity index (χ0n) is 10.7. The van der Waals surface area contributed by atoms with Crippen LogP contribution in [0.25, 0.3) is 0 Å². The first-order valence-electron chi connectivity index (χ1n) is 5.81.